The highest BCUT2D eigenvalue weighted by Crippen LogP contribution is 2.09. The van der Waals surface area contributed by atoms with Crippen molar-refractivity contribution in [3.8, 4) is 0 Å². The highest BCUT2D eigenvalue weighted by atomic mass is 32.2. The molecule has 0 aromatic rings. The van der Waals surface area contributed by atoms with E-state index >= 15 is 0 Å². The molecule has 1 amide bonds. The number of hydrogen-bond donors (Lipinski definition) is 2. The monoisotopic (exact) mass is 230 g/mol. The van der Waals surface area contributed by atoms with Crippen molar-refractivity contribution in [1.82, 2.24) is 10.6 Å². The molecule has 0 aliphatic rings. The van der Waals surface area contributed by atoms with Crippen LogP contribution in [0, 0.1) is 0 Å². The molecule has 0 heterocycles. The Morgan fingerprint density at radius 1 is 1.20 bits per heavy atom. The molecule has 3 nitrogen and oxygen atoms in total. The van der Waals surface area contributed by atoms with Crippen molar-refractivity contribution in [1.29, 1.82) is 0 Å². The van der Waals surface area contributed by atoms with Crippen LogP contribution in [0.4, 0.5) is 0 Å². The van der Waals surface area contributed by atoms with E-state index in [1.54, 1.807) is 11.8 Å². The summed E-state index contributed by atoms with van der Waals surface area (Å²) in [7, 11) is 0. The molecule has 0 aromatic carbocycles. The van der Waals surface area contributed by atoms with Gasteiger partial charge < -0.3 is 10.6 Å². The molecular weight excluding hydrogens is 208 g/mol. The predicted molar refractivity (Wildman–Crippen MR) is 67.8 cm³/mol. The van der Waals surface area contributed by atoms with E-state index in [9.17, 15) is 4.79 Å². The molecule has 0 rings (SSSR count). The van der Waals surface area contributed by atoms with Crippen molar-refractivity contribution in [3.05, 3.63) is 11.1 Å². The maximum absolute atomic E-state index is 11.4. The maximum atomic E-state index is 11.4. The van der Waals surface area contributed by atoms with Gasteiger partial charge in [0.05, 0.1) is 5.03 Å². The smallest absolute Gasteiger partial charge is 0.224 e. The fraction of sp³-hybridized carbons (Fsp3) is 0.727. The van der Waals surface area contributed by atoms with Crippen molar-refractivity contribution in [3.63, 3.8) is 0 Å². The molecule has 0 spiro atoms. The molecule has 0 unspecified atom stereocenters. The number of hydrogen-bond acceptors (Lipinski definition) is 3. The molecular formula is C11H22N2OS. The first kappa shape index (κ1) is 14.4. The first-order valence-corrected chi connectivity index (χ1v) is 6.48. The summed E-state index contributed by atoms with van der Waals surface area (Å²) in [5, 5.41) is 7.20. The van der Waals surface area contributed by atoms with Crippen LogP contribution in [-0.2, 0) is 4.79 Å². The summed E-state index contributed by atoms with van der Waals surface area (Å²) in [6.45, 7) is 8.09. The zero-order valence-electron chi connectivity index (χ0n) is 10.3. The minimum absolute atomic E-state index is 0.0714. The minimum atomic E-state index is 0.0714. The Morgan fingerprint density at radius 3 is 2.13 bits per heavy atom. The maximum Gasteiger partial charge on any atom is 0.224 e. The van der Waals surface area contributed by atoms with Gasteiger partial charge >= 0.3 is 0 Å². The van der Waals surface area contributed by atoms with E-state index in [-0.39, 0.29) is 11.9 Å². The summed E-state index contributed by atoms with van der Waals surface area (Å²) in [5.41, 5.74) is 0. The third-order valence-corrected chi connectivity index (χ3v) is 2.30. The molecule has 15 heavy (non-hydrogen) atoms. The number of carbonyl (C=O) groups is 1. The van der Waals surface area contributed by atoms with E-state index < -0.39 is 0 Å². The first-order valence-electron chi connectivity index (χ1n) is 5.25. The highest BCUT2D eigenvalue weighted by molar-refractivity contribution is 8.02. The summed E-state index contributed by atoms with van der Waals surface area (Å²) in [6, 6.07) is 0.610. The van der Waals surface area contributed by atoms with Crippen LogP contribution in [0.25, 0.3) is 0 Å². The summed E-state index contributed by atoms with van der Waals surface area (Å²) in [4.78, 5) is 11.4. The molecule has 0 saturated heterocycles. The van der Waals surface area contributed by atoms with E-state index in [0.717, 1.165) is 5.03 Å². The Morgan fingerprint density at radius 2 is 1.73 bits per heavy atom. The molecule has 0 aromatic heterocycles. The number of amides is 1. The van der Waals surface area contributed by atoms with Crippen molar-refractivity contribution >= 4 is 17.7 Å². The molecule has 4 heteroatoms. The van der Waals surface area contributed by atoms with Gasteiger partial charge in [-0.25, -0.2) is 0 Å². The molecule has 0 atom stereocenters. The predicted octanol–water partition coefficient (Wildman–Crippen LogP) is 2.10. The highest BCUT2D eigenvalue weighted by Gasteiger charge is 2.02. The SMILES string of the molecule is CS/C(=C\CC(=O)NC(C)C)NC(C)C. The van der Waals surface area contributed by atoms with Gasteiger partial charge in [0, 0.05) is 18.5 Å². The Bertz CT molecular complexity index is 225. The largest absolute Gasteiger partial charge is 0.378 e. The summed E-state index contributed by atoms with van der Waals surface area (Å²) in [6.07, 6.45) is 4.37. The molecule has 88 valence electrons. The second-order valence-corrected chi connectivity index (χ2v) is 4.85. The van der Waals surface area contributed by atoms with Crippen molar-refractivity contribution in [2.45, 2.75) is 46.2 Å². The second kappa shape index (κ2) is 7.63. The third kappa shape index (κ3) is 8.36. The van der Waals surface area contributed by atoms with Gasteiger partial charge in [0.1, 0.15) is 0 Å². The first-order chi connectivity index (χ1) is 6.95. The zero-order valence-corrected chi connectivity index (χ0v) is 11.1. The summed E-state index contributed by atoms with van der Waals surface area (Å²) < 4.78 is 0. The Balaban J connectivity index is 4.04. The van der Waals surface area contributed by atoms with Crippen molar-refractivity contribution in [2.24, 2.45) is 0 Å². The zero-order chi connectivity index (χ0) is 11.8. The van der Waals surface area contributed by atoms with Crippen LogP contribution in [0.2, 0.25) is 0 Å². The van der Waals surface area contributed by atoms with Crippen LogP contribution in [0.1, 0.15) is 34.1 Å². The van der Waals surface area contributed by atoms with Crippen LogP contribution >= 0.6 is 11.8 Å². The van der Waals surface area contributed by atoms with E-state index in [0.29, 0.717) is 12.5 Å². The lowest BCUT2D eigenvalue weighted by atomic mass is 10.3. The van der Waals surface area contributed by atoms with E-state index in [1.807, 2.05) is 26.2 Å². The van der Waals surface area contributed by atoms with Gasteiger partial charge in [-0.05, 0) is 40.0 Å². The Hall–Kier alpha value is -0.640. The number of carbonyl (C=O) groups excluding carboxylic acids is 1. The van der Waals surface area contributed by atoms with Crippen LogP contribution in [0.5, 0.6) is 0 Å². The van der Waals surface area contributed by atoms with Crippen LogP contribution in [0.3, 0.4) is 0 Å². The second-order valence-electron chi connectivity index (χ2n) is 4.00. The van der Waals surface area contributed by atoms with E-state index in [1.165, 1.54) is 0 Å². The van der Waals surface area contributed by atoms with Gasteiger partial charge in [-0.15, -0.1) is 11.8 Å². The molecule has 2 N–H and O–H groups in total. The quantitative estimate of drug-likeness (QED) is 0.734. The van der Waals surface area contributed by atoms with Gasteiger partial charge in [0.2, 0.25) is 5.91 Å². The average Bonchev–Trinajstić information content (AvgIpc) is 2.10. The number of nitrogens with one attached hydrogen (secondary N) is 2. The topological polar surface area (TPSA) is 41.1 Å². The lowest BCUT2D eigenvalue weighted by Crippen LogP contribution is -2.29. The molecule has 0 saturated carbocycles. The van der Waals surface area contributed by atoms with Gasteiger partial charge in [-0.3, -0.25) is 4.79 Å². The molecule has 0 radical (unpaired) electrons. The normalized spacial score (nSPS) is 12.1. The van der Waals surface area contributed by atoms with Crippen molar-refractivity contribution in [2.75, 3.05) is 6.26 Å². The standard InChI is InChI=1S/C11H22N2OS/c1-8(2)12-10(14)6-7-11(15-5)13-9(3)4/h7-9,13H,6H2,1-5H3,(H,12,14)/b11-7-. The molecule has 0 fully saturated rings. The van der Waals surface area contributed by atoms with E-state index in [2.05, 4.69) is 24.5 Å². The van der Waals surface area contributed by atoms with Crippen LogP contribution in [0.15, 0.2) is 11.1 Å². The van der Waals surface area contributed by atoms with Crippen LogP contribution in [-0.4, -0.2) is 24.2 Å². The number of rotatable bonds is 6. The Kier molecular flexibility index (Phi) is 7.30. The third-order valence-electron chi connectivity index (χ3n) is 1.57. The van der Waals surface area contributed by atoms with Gasteiger partial charge in [0.25, 0.3) is 0 Å². The van der Waals surface area contributed by atoms with Gasteiger partial charge in [-0.1, -0.05) is 0 Å². The lowest BCUT2D eigenvalue weighted by Gasteiger charge is -2.12. The summed E-state index contributed by atoms with van der Waals surface area (Å²) in [5.74, 6) is 0.0714. The van der Waals surface area contributed by atoms with Gasteiger partial charge in [-0.2, -0.15) is 0 Å². The van der Waals surface area contributed by atoms with Crippen LogP contribution < -0.4 is 10.6 Å². The molecule has 0 aliphatic heterocycles. The minimum Gasteiger partial charge on any atom is -0.378 e. The van der Waals surface area contributed by atoms with Gasteiger partial charge in [0.15, 0.2) is 0 Å². The summed E-state index contributed by atoms with van der Waals surface area (Å²) >= 11 is 1.63. The average molecular weight is 230 g/mol. The fourth-order valence-corrected chi connectivity index (χ4v) is 1.66. The fourth-order valence-electron chi connectivity index (χ4n) is 1.05. The lowest BCUT2D eigenvalue weighted by molar-refractivity contribution is -0.120. The molecule has 0 aliphatic carbocycles. The van der Waals surface area contributed by atoms with Crippen molar-refractivity contribution < 1.29 is 4.79 Å². The number of thioether (sulfide) groups is 1. The van der Waals surface area contributed by atoms with E-state index in [4.69, 9.17) is 0 Å². The molecule has 0 bridgehead atoms. The Labute approximate surface area is 97.1 Å².